The highest BCUT2D eigenvalue weighted by Crippen LogP contribution is 2.20. The molecule has 0 saturated heterocycles. The number of carbonyl (C=O) groups is 1. The molecule has 1 aromatic carbocycles. The summed E-state index contributed by atoms with van der Waals surface area (Å²) in [5, 5.41) is 31.6. The minimum atomic E-state index is -1.94. The second-order valence-corrected chi connectivity index (χ2v) is 4.48. The predicted octanol–water partition coefficient (Wildman–Crippen LogP) is 0.719. The van der Waals surface area contributed by atoms with Crippen molar-refractivity contribution in [3.05, 3.63) is 28.3 Å². The normalized spacial score (nSPS) is 13.9. The largest absolute Gasteiger partial charge is 0.479 e. The van der Waals surface area contributed by atoms with E-state index in [2.05, 4.69) is 15.3 Å². The number of nitrogens with one attached hydrogen (secondary N) is 2. The molecule has 0 saturated carbocycles. The van der Waals surface area contributed by atoms with Crippen molar-refractivity contribution in [1.82, 2.24) is 9.97 Å². The van der Waals surface area contributed by atoms with E-state index in [1.165, 1.54) is 18.2 Å². The summed E-state index contributed by atoms with van der Waals surface area (Å²) in [4.78, 5) is 27.7. The molecule has 1 heterocycles. The number of rotatable bonds is 5. The Morgan fingerprint density at radius 1 is 1.60 bits per heavy atom. The fourth-order valence-corrected chi connectivity index (χ4v) is 1.53. The van der Waals surface area contributed by atoms with Gasteiger partial charge >= 0.3 is 5.97 Å². The second kappa shape index (κ2) is 4.78. The zero-order valence-corrected chi connectivity index (χ0v) is 10.5. The number of nitro benzene ring substituents is 1. The van der Waals surface area contributed by atoms with E-state index >= 15 is 0 Å². The first-order valence-corrected chi connectivity index (χ1v) is 5.63. The Kier molecular flexibility index (Phi) is 3.28. The van der Waals surface area contributed by atoms with Crippen LogP contribution >= 0.6 is 0 Å². The summed E-state index contributed by atoms with van der Waals surface area (Å²) in [5.41, 5.74) is -1.08. The number of aromatic amines is 1. The van der Waals surface area contributed by atoms with Crippen molar-refractivity contribution in [1.29, 1.82) is 0 Å². The maximum atomic E-state index is 10.7. The molecule has 9 nitrogen and oxygen atoms in total. The number of fused-ring (bicyclic) bond motifs is 1. The minimum Gasteiger partial charge on any atom is -0.479 e. The Balaban J connectivity index is 2.20. The zero-order valence-electron chi connectivity index (χ0n) is 10.5. The number of imidazole rings is 1. The fraction of sp³-hybridized carbons (Fsp3) is 0.273. The summed E-state index contributed by atoms with van der Waals surface area (Å²) in [7, 11) is 0. The van der Waals surface area contributed by atoms with Crippen LogP contribution in [0.4, 0.5) is 11.6 Å². The van der Waals surface area contributed by atoms with E-state index < -0.39 is 16.5 Å². The Hall–Kier alpha value is -2.68. The molecular weight excluding hydrogens is 268 g/mol. The third-order valence-electron chi connectivity index (χ3n) is 2.74. The van der Waals surface area contributed by atoms with Crippen LogP contribution in [0.2, 0.25) is 0 Å². The van der Waals surface area contributed by atoms with Crippen LogP contribution < -0.4 is 5.32 Å². The smallest absolute Gasteiger partial charge is 0.337 e. The number of aliphatic hydroxyl groups is 1. The SMILES string of the molecule is CC(O)(CNc1nc2ccc([N+](=O)[O-])cc2[nH]1)C(=O)O. The van der Waals surface area contributed by atoms with Gasteiger partial charge in [0.05, 0.1) is 22.5 Å². The number of nitro groups is 1. The van der Waals surface area contributed by atoms with Gasteiger partial charge in [0.25, 0.3) is 5.69 Å². The standard InChI is InChI=1S/C11H12N4O5/c1-11(18,9(16)17)5-12-10-13-7-3-2-6(15(19)20)4-8(7)14-10/h2-4,18H,5H2,1H3,(H,16,17)(H2,12,13,14). The molecule has 0 amide bonds. The van der Waals surface area contributed by atoms with E-state index in [-0.39, 0.29) is 18.2 Å². The van der Waals surface area contributed by atoms with Gasteiger partial charge in [-0.1, -0.05) is 0 Å². The quantitative estimate of drug-likeness (QED) is 0.467. The van der Waals surface area contributed by atoms with Crippen LogP contribution in [-0.2, 0) is 4.79 Å². The molecule has 0 spiro atoms. The molecule has 1 atom stereocenters. The summed E-state index contributed by atoms with van der Waals surface area (Å²) in [5.74, 6) is -1.14. The highest BCUT2D eigenvalue weighted by Gasteiger charge is 2.29. The topological polar surface area (TPSA) is 141 Å². The van der Waals surface area contributed by atoms with E-state index in [0.29, 0.717) is 11.0 Å². The van der Waals surface area contributed by atoms with Crippen molar-refractivity contribution in [3.8, 4) is 0 Å². The highest BCUT2D eigenvalue weighted by molar-refractivity contribution is 5.80. The molecule has 0 radical (unpaired) electrons. The van der Waals surface area contributed by atoms with Crippen molar-refractivity contribution in [2.75, 3.05) is 11.9 Å². The van der Waals surface area contributed by atoms with E-state index in [0.717, 1.165) is 6.92 Å². The number of H-pyrrole nitrogens is 1. The average molecular weight is 280 g/mol. The maximum Gasteiger partial charge on any atom is 0.337 e. The third-order valence-corrected chi connectivity index (χ3v) is 2.74. The lowest BCUT2D eigenvalue weighted by atomic mass is 10.1. The van der Waals surface area contributed by atoms with E-state index in [1.54, 1.807) is 0 Å². The highest BCUT2D eigenvalue weighted by atomic mass is 16.6. The van der Waals surface area contributed by atoms with Crippen molar-refractivity contribution in [3.63, 3.8) is 0 Å². The lowest BCUT2D eigenvalue weighted by Gasteiger charge is -2.17. The maximum absolute atomic E-state index is 10.7. The minimum absolute atomic E-state index is 0.0785. The number of hydrogen-bond acceptors (Lipinski definition) is 6. The molecule has 1 unspecified atom stereocenters. The van der Waals surface area contributed by atoms with Gasteiger partial charge in [0.15, 0.2) is 5.60 Å². The molecule has 9 heteroatoms. The third kappa shape index (κ3) is 2.67. The number of carboxylic acid groups (broad SMARTS) is 1. The van der Waals surface area contributed by atoms with Gasteiger partial charge in [-0.2, -0.15) is 0 Å². The number of non-ortho nitro benzene ring substituents is 1. The van der Waals surface area contributed by atoms with Crippen LogP contribution in [0.1, 0.15) is 6.92 Å². The first-order chi connectivity index (χ1) is 9.29. The summed E-state index contributed by atoms with van der Waals surface area (Å²) < 4.78 is 0. The molecule has 0 aliphatic carbocycles. The molecular formula is C11H12N4O5. The molecule has 4 N–H and O–H groups in total. The number of hydrogen-bond donors (Lipinski definition) is 4. The molecule has 0 aliphatic rings. The molecule has 0 fully saturated rings. The van der Waals surface area contributed by atoms with Crippen LogP contribution in [0.3, 0.4) is 0 Å². The van der Waals surface area contributed by atoms with Crippen molar-refractivity contribution < 1.29 is 19.9 Å². The molecule has 2 aromatic rings. The Labute approximate surface area is 112 Å². The number of aromatic nitrogens is 2. The molecule has 20 heavy (non-hydrogen) atoms. The Morgan fingerprint density at radius 2 is 2.30 bits per heavy atom. The van der Waals surface area contributed by atoms with Crippen LogP contribution in [0.5, 0.6) is 0 Å². The van der Waals surface area contributed by atoms with Crippen LogP contribution in [0.25, 0.3) is 11.0 Å². The Morgan fingerprint density at radius 3 is 2.90 bits per heavy atom. The first kappa shape index (κ1) is 13.7. The van der Waals surface area contributed by atoms with Gasteiger partial charge < -0.3 is 20.5 Å². The van der Waals surface area contributed by atoms with E-state index in [9.17, 15) is 20.0 Å². The lowest BCUT2D eigenvalue weighted by Crippen LogP contribution is -2.41. The van der Waals surface area contributed by atoms with Gasteiger partial charge in [-0.15, -0.1) is 0 Å². The van der Waals surface area contributed by atoms with Gasteiger partial charge in [0, 0.05) is 12.1 Å². The number of carboxylic acids is 1. The molecule has 0 bridgehead atoms. The van der Waals surface area contributed by atoms with Gasteiger partial charge in [-0.05, 0) is 13.0 Å². The van der Waals surface area contributed by atoms with Crippen LogP contribution in [-0.4, -0.2) is 43.2 Å². The summed E-state index contributed by atoms with van der Waals surface area (Å²) in [6.45, 7) is 0.889. The van der Waals surface area contributed by atoms with Gasteiger partial charge in [0.1, 0.15) is 0 Å². The van der Waals surface area contributed by atoms with Gasteiger partial charge in [-0.25, -0.2) is 9.78 Å². The number of benzene rings is 1. The van der Waals surface area contributed by atoms with Crippen molar-refractivity contribution >= 4 is 28.6 Å². The van der Waals surface area contributed by atoms with Crippen molar-refractivity contribution in [2.45, 2.75) is 12.5 Å². The monoisotopic (exact) mass is 280 g/mol. The van der Waals surface area contributed by atoms with Crippen LogP contribution in [0, 0.1) is 10.1 Å². The second-order valence-electron chi connectivity index (χ2n) is 4.48. The van der Waals surface area contributed by atoms with Gasteiger partial charge in [-0.3, -0.25) is 10.1 Å². The summed E-state index contributed by atoms with van der Waals surface area (Å²) in [6.07, 6.45) is 0. The summed E-state index contributed by atoms with van der Waals surface area (Å²) in [6, 6.07) is 4.12. The van der Waals surface area contributed by atoms with Crippen LogP contribution in [0.15, 0.2) is 18.2 Å². The fourth-order valence-electron chi connectivity index (χ4n) is 1.53. The van der Waals surface area contributed by atoms with E-state index in [1.807, 2.05) is 0 Å². The average Bonchev–Trinajstić information content (AvgIpc) is 2.77. The number of aliphatic carboxylic acids is 1. The molecule has 1 aromatic heterocycles. The predicted molar refractivity (Wildman–Crippen MR) is 69.5 cm³/mol. The Bertz CT molecular complexity index is 679. The molecule has 2 rings (SSSR count). The summed E-state index contributed by atoms with van der Waals surface area (Å²) >= 11 is 0. The number of nitrogens with zero attached hydrogens (tertiary/aromatic N) is 2. The first-order valence-electron chi connectivity index (χ1n) is 5.63. The van der Waals surface area contributed by atoms with Crippen molar-refractivity contribution in [2.24, 2.45) is 0 Å². The molecule has 106 valence electrons. The zero-order chi connectivity index (χ0) is 14.9. The lowest BCUT2D eigenvalue weighted by molar-refractivity contribution is -0.384. The van der Waals surface area contributed by atoms with Gasteiger partial charge in [0.2, 0.25) is 5.95 Å². The molecule has 0 aliphatic heterocycles. The number of anilines is 1. The van der Waals surface area contributed by atoms with E-state index in [4.69, 9.17) is 5.11 Å².